The molecule has 7 nitrogen and oxygen atoms in total. The van der Waals surface area contributed by atoms with E-state index in [2.05, 4.69) is 20.6 Å². The van der Waals surface area contributed by atoms with E-state index in [1.165, 1.54) is 0 Å². The fraction of sp³-hybridized carbons (Fsp3) is 0.708. The minimum Gasteiger partial charge on any atom is -0.474 e. The van der Waals surface area contributed by atoms with E-state index in [-0.39, 0.29) is 37.0 Å². The van der Waals surface area contributed by atoms with Crippen molar-refractivity contribution in [2.24, 2.45) is 0 Å². The Labute approximate surface area is 192 Å². The summed E-state index contributed by atoms with van der Waals surface area (Å²) in [4.78, 5) is 14.0. The number of nitrogens with zero attached hydrogens (tertiary/aromatic N) is 3. The summed E-state index contributed by atoms with van der Waals surface area (Å²) in [6.45, 7) is 1.85. The van der Waals surface area contributed by atoms with Crippen molar-refractivity contribution in [2.75, 3.05) is 18.4 Å². The highest BCUT2D eigenvalue weighted by Crippen LogP contribution is 2.38. The van der Waals surface area contributed by atoms with Crippen molar-refractivity contribution < 1.29 is 18.6 Å². The van der Waals surface area contributed by atoms with Crippen LogP contribution in [0.5, 0.6) is 5.88 Å². The predicted octanol–water partition coefficient (Wildman–Crippen LogP) is 4.16. The van der Waals surface area contributed by atoms with Crippen molar-refractivity contribution in [3.8, 4) is 5.88 Å². The Morgan fingerprint density at radius 3 is 2.42 bits per heavy atom. The highest BCUT2D eigenvalue weighted by atomic mass is 19.3. The Bertz CT molecular complexity index is 951. The van der Waals surface area contributed by atoms with Crippen LogP contribution < -0.4 is 15.4 Å². The first-order chi connectivity index (χ1) is 16.0. The van der Waals surface area contributed by atoms with E-state index in [1.54, 1.807) is 6.20 Å². The Morgan fingerprint density at radius 2 is 1.70 bits per heavy atom. The number of aliphatic hydroxyl groups excluding tert-OH is 1. The highest BCUT2D eigenvalue weighted by molar-refractivity contribution is 5.86. The summed E-state index contributed by atoms with van der Waals surface area (Å²) >= 11 is 0. The van der Waals surface area contributed by atoms with Gasteiger partial charge in [-0.15, -0.1) is 0 Å². The molecule has 2 saturated carbocycles. The van der Waals surface area contributed by atoms with Gasteiger partial charge in [-0.25, -0.2) is 23.7 Å². The normalized spacial score (nSPS) is 26.9. The average Bonchev–Trinajstić information content (AvgIpc) is 2.82. The van der Waals surface area contributed by atoms with Gasteiger partial charge < -0.3 is 20.5 Å². The van der Waals surface area contributed by atoms with Crippen LogP contribution in [-0.4, -0.2) is 57.3 Å². The molecule has 0 atom stereocenters. The lowest BCUT2D eigenvalue weighted by atomic mass is 9.83. The second kappa shape index (κ2) is 9.62. The maximum Gasteiger partial charge on any atom is 0.248 e. The number of hydrogen-bond acceptors (Lipinski definition) is 7. The molecule has 1 aliphatic heterocycles. The Balaban J connectivity index is 1.43. The first kappa shape index (κ1) is 22.7. The molecule has 0 unspecified atom stereocenters. The lowest BCUT2D eigenvalue weighted by Crippen LogP contribution is -2.34. The lowest BCUT2D eigenvalue weighted by Gasteiger charge is -2.29. The van der Waals surface area contributed by atoms with Crippen LogP contribution in [0.1, 0.15) is 75.7 Å². The fourth-order valence-electron chi connectivity index (χ4n) is 5.30. The number of piperidine rings is 1. The molecular weight excluding hydrogens is 428 g/mol. The monoisotopic (exact) mass is 461 g/mol. The third-order valence-corrected chi connectivity index (χ3v) is 7.36. The van der Waals surface area contributed by atoms with Gasteiger partial charge in [0.05, 0.1) is 17.0 Å². The molecule has 5 rings (SSSR count). The molecule has 0 bridgehead atoms. The number of rotatable bonds is 5. The summed E-state index contributed by atoms with van der Waals surface area (Å²) < 4.78 is 33.4. The van der Waals surface area contributed by atoms with Crippen molar-refractivity contribution >= 4 is 16.9 Å². The predicted molar refractivity (Wildman–Crippen MR) is 122 cm³/mol. The van der Waals surface area contributed by atoms with Crippen LogP contribution in [0.25, 0.3) is 10.9 Å². The molecule has 180 valence electrons. The molecule has 9 heteroatoms. The van der Waals surface area contributed by atoms with Gasteiger partial charge in [0.15, 0.2) is 0 Å². The number of halogens is 2. The summed E-state index contributed by atoms with van der Waals surface area (Å²) in [5.41, 5.74) is 1.86. The molecule has 2 aromatic heterocycles. The van der Waals surface area contributed by atoms with Crippen LogP contribution in [0.4, 0.5) is 14.7 Å². The summed E-state index contributed by atoms with van der Waals surface area (Å²) in [5.74, 6) is -1.27. The second-order valence-electron chi connectivity index (χ2n) is 9.82. The molecule has 2 aliphatic carbocycles. The molecule has 0 spiro atoms. The lowest BCUT2D eigenvalue weighted by molar-refractivity contribution is -0.0361. The molecular formula is C24H33F2N5O2. The summed E-state index contributed by atoms with van der Waals surface area (Å²) in [5, 5.41) is 17.4. The zero-order valence-corrected chi connectivity index (χ0v) is 18.9. The standard InChI is InChI=1S/C24H33F2N5O2/c25-24(26)9-5-16(6-10-24)30-23-29-14-20-21(31-23)19(15-1-3-17(32)4-2-15)13-28-22(20)33-18-7-11-27-12-8-18/h13-18,27,32H,1-12H2,(H,29,30,31). The highest BCUT2D eigenvalue weighted by Gasteiger charge is 2.35. The molecule has 0 radical (unpaired) electrons. The van der Waals surface area contributed by atoms with E-state index in [0.29, 0.717) is 24.7 Å². The maximum atomic E-state index is 13.5. The summed E-state index contributed by atoms with van der Waals surface area (Å²) in [6.07, 6.45) is 9.27. The average molecular weight is 462 g/mol. The third-order valence-electron chi connectivity index (χ3n) is 7.36. The quantitative estimate of drug-likeness (QED) is 0.616. The molecule has 0 amide bonds. The summed E-state index contributed by atoms with van der Waals surface area (Å²) in [6, 6.07) is -0.0531. The Hall–Kier alpha value is -2.13. The van der Waals surface area contributed by atoms with Crippen molar-refractivity contribution in [2.45, 2.75) is 94.3 Å². The number of pyridine rings is 1. The first-order valence-electron chi connectivity index (χ1n) is 12.3. The molecule has 3 N–H and O–H groups in total. The minimum absolute atomic E-state index is 0.0531. The van der Waals surface area contributed by atoms with Crippen molar-refractivity contribution in [3.63, 3.8) is 0 Å². The number of nitrogens with one attached hydrogen (secondary N) is 2. The van der Waals surface area contributed by atoms with Crippen LogP contribution in [0.3, 0.4) is 0 Å². The van der Waals surface area contributed by atoms with E-state index < -0.39 is 5.92 Å². The zero-order valence-electron chi connectivity index (χ0n) is 18.9. The van der Waals surface area contributed by atoms with E-state index in [0.717, 1.165) is 68.1 Å². The fourth-order valence-corrected chi connectivity index (χ4v) is 5.30. The van der Waals surface area contributed by atoms with Gasteiger partial charge in [0, 0.05) is 36.8 Å². The Kier molecular flexibility index (Phi) is 6.60. The van der Waals surface area contributed by atoms with Gasteiger partial charge in [-0.3, -0.25) is 0 Å². The van der Waals surface area contributed by atoms with E-state index in [9.17, 15) is 13.9 Å². The van der Waals surface area contributed by atoms with Crippen molar-refractivity contribution in [1.82, 2.24) is 20.3 Å². The number of alkyl halides is 2. The number of ether oxygens (including phenoxy) is 1. The minimum atomic E-state index is -2.56. The van der Waals surface area contributed by atoms with E-state index in [1.807, 2.05) is 6.20 Å². The van der Waals surface area contributed by atoms with Gasteiger partial charge in [-0.05, 0) is 70.4 Å². The molecule has 1 saturated heterocycles. The summed E-state index contributed by atoms with van der Waals surface area (Å²) in [7, 11) is 0. The largest absolute Gasteiger partial charge is 0.474 e. The maximum absolute atomic E-state index is 13.5. The van der Waals surface area contributed by atoms with Crippen LogP contribution in [0, 0.1) is 0 Å². The number of anilines is 1. The van der Waals surface area contributed by atoms with Gasteiger partial charge in [0.1, 0.15) is 6.10 Å². The van der Waals surface area contributed by atoms with Crippen LogP contribution in [0.15, 0.2) is 12.4 Å². The van der Waals surface area contributed by atoms with Gasteiger partial charge in [-0.2, -0.15) is 0 Å². The third kappa shape index (κ3) is 5.35. The molecule has 3 heterocycles. The molecule has 3 aliphatic rings. The topological polar surface area (TPSA) is 92.2 Å². The molecule has 33 heavy (non-hydrogen) atoms. The molecule has 2 aromatic rings. The number of aliphatic hydroxyl groups is 1. The number of aromatic nitrogens is 3. The SMILES string of the molecule is OC1CCC(c2cnc(OC3CCNCC3)c3cnc(NC4CCC(F)(F)CC4)nc23)CC1. The van der Waals surface area contributed by atoms with Gasteiger partial charge >= 0.3 is 0 Å². The Morgan fingerprint density at radius 1 is 0.970 bits per heavy atom. The zero-order chi connectivity index (χ0) is 22.8. The van der Waals surface area contributed by atoms with Crippen molar-refractivity contribution in [3.05, 3.63) is 18.0 Å². The van der Waals surface area contributed by atoms with E-state index in [4.69, 9.17) is 9.72 Å². The number of hydrogen-bond donors (Lipinski definition) is 3. The van der Waals surface area contributed by atoms with Crippen LogP contribution >= 0.6 is 0 Å². The number of fused-ring (bicyclic) bond motifs is 1. The van der Waals surface area contributed by atoms with Gasteiger partial charge in [0.25, 0.3) is 0 Å². The van der Waals surface area contributed by atoms with Crippen LogP contribution in [0.2, 0.25) is 0 Å². The molecule has 3 fully saturated rings. The van der Waals surface area contributed by atoms with Gasteiger partial charge in [-0.1, -0.05) is 0 Å². The second-order valence-corrected chi connectivity index (χ2v) is 9.82. The van der Waals surface area contributed by atoms with Crippen molar-refractivity contribution in [1.29, 1.82) is 0 Å². The molecule has 0 aromatic carbocycles. The van der Waals surface area contributed by atoms with E-state index >= 15 is 0 Å². The first-order valence-corrected chi connectivity index (χ1v) is 12.3. The smallest absolute Gasteiger partial charge is 0.248 e. The van der Waals surface area contributed by atoms with Gasteiger partial charge in [0.2, 0.25) is 17.8 Å². The van der Waals surface area contributed by atoms with Crippen LogP contribution in [-0.2, 0) is 0 Å².